The molecule has 0 unspecified atom stereocenters. The topological polar surface area (TPSA) is 90.6 Å². The van der Waals surface area contributed by atoms with Gasteiger partial charge in [0.2, 0.25) is 0 Å². The van der Waals surface area contributed by atoms with Gasteiger partial charge in [-0.3, -0.25) is 4.79 Å². The standard InChI is InChI=1S/C24H19N5O3S/c1-31-19-8-2-3-9-20(19)32-15-23(30)25-17-7-4-6-16(14-17)18-11-12-22-26-27-24(29(22)28-18)21-10-5-13-33-21/h2-14H,15H2,1H3,(H,25,30). The number of carbonyl (C=O) groups excluding carboxylic acids is 1. The number of anilines is 1. The molecule has 0 bridgehead atoms. The number of methoxy groups -OCH3 is 1. The van der Waals surface area contributed by atoms with Gasteiger partial charge in [-0.2, -0.15) is 9.61 Å². The normalized spacial score (nSPS) is 10.8. The van der Waals surface area contributed by atoms with Crippen LogP contribution in [-0.4, -0.2) is 39.4 Å². The van der Waals surface area contributed by atoms with Crippen LogP contribution in [0, 0.1) is 0 Å². The lowest BCUT2D eigenvalue weighted by atomic mass is 10.1. The molecule has 1 amide bonds. The molecule has 5 aromatic rings. The van der Waals surface area contributed by atoms with Gasteiger partial charge in [0, 0.05) is 11.3 Å². The van der Waals surface area contributed by atoms with Crippen molar-refractivity contribution in [1.29, 1.82) is 0 Å². The molecule has 2 aromatic carbocycles. The Labute approximate surface area is 193 Å². The Bertz CT molecular complexity index is 1410. The van der Waals surface area contributed by atoms with E-state index in [1.165, 1.54) is 0 Å². The van der Waals surface area contributed by atoms with Crippen LogP contribution in [0.3, 0.4) is 0 Å². The second-order valence-corrected chi connectivity index (χ2v) is 8.01. The number of fused-ring (bicyclic) bond motifs is 1. The smallest absolute Gasteiger partial charge is 0.262 e. The molecule has 164 valence electrons. The first-order chi connectivity index (χ1) is 16.2. The summed E-state index contributed by atoms with van der Waals surface area (Å²) in [6.07, 6.45) is 0. The van der Waals surface area contributed by atoms with Gasteiger partial charge in [-0.15, -0.1) is 21.5 Å². The summed E-state index contributed by atoms with van der Waals surface area (Å²) in [5.41, 5.74) is 2.90. The summed E-state index contributed by atoms with van der Waals surface area (Å²) < 4.78 is 12.6. The lowest BCUT2D eigenvalue weighted by Crippen LogP contribution is -2.20. The molecular formula is C24H19N5O3S. The van der Waals surface area contributed by atoms with Crippen molar-refractivity contribution in [2.45, 2.75) is 0 Å². The molecule has 0 fully saturated rings. The fourth-order valence-corrected chi connectivity index (χ4v) is 4.03. The number of hydrogen-bond acceptors (Lipinski definition) is 7. The Balaban J connectivity index is 1.33. The SMILES string of the molecule is COc1ccccc1OCC(=O)Nc1cccc(-c2ccc3nnc(-c4cccs4)n3n2)c1. The van der Waals surface area contributed by atoms with Crippen molar-refractivity contribution < 1.29 is 14.3 Å². The Morgan fingerprint density at radius 3 is 2.70 bits per heavy atom. The second kappa shape index (κ2) is 9.09. The maximum Gasteiger partial charge on any atom is 0.262 e. The number of carbonyl (C=O) groups is 1. The number of rotatable bonds is 7. The summed E-state index contributed by atoms with van der Waals surface area (Å²) >= 11 is 1.58. The first kappa shape index (κ1) is 20.7. The zero-order valence-corrected chi connectivity index (χ0v) is 18.5. The van der Waals surface area contributed by atoms with Crippen molar-refractivity contribution >= 4 is 28.6 Å². The number of hydrogen-bond donors (Lipinski definition) is 1. The van der Waals surface area contributed by atoms with Crippen LogP contribution in [0.2, 0.25) is 0 Å². The molecule has 1 N–H and O–H groups in total. The van der Waals surface area contributed by atoms with Crippen molar-refractivity contribution in [3.05, 3.63) is 78.2 Å². The van der Waals surface area contributed by atoms with E-state index in [9.17, 15) is 4.79 Å². The van der Waals surface area contributed by atoms with E-state index in [0.29, 0.717) is 28.7 Å². The molecule has 0 saturated heterocycles. The summed E-state index contributed by atoms with van der Waals surface area (Å²) in [7, 11) is 1.56. The van der Waals surface area contributed by atoms with Crippen molar-refractivity contribution in [1.82, 2.24) is 19.8 Å². The molecule has 0 spiro atoms. The van der Waals surface area contributed by atoms with Gasteiger partial charge in [0.25, 0.3) is 5.91 Å². The van der Waals surface area contributed by atoms with Crippen LogP contribution in [0.5, 0.6) is 11.5 Å². The fourth-order valence-electron chi connectivity index (χ4n) is 3.34. The van der Waals surface area contributed by atoms with Crippen LogP contribution < -0.4 is 14.8 Å². The number of para-hydroxylation sites is 2. The monoisotopic (exact) mass is 457 g/mol. The second-order valence-electron chi connectivity index (χ2n) is 7.06. The summed E-state index contributed by atoms with van der Waals surface area (Å²) in [5.74, 6) is 1.50. The molecule has 0 radical (unpaired) electrons. The number of nitrogens with zero attached hydrogens (tertiary/aromatic N) is 4. The van der Waals surface area contributed by atoms with Gasteiger partial charge >= 0.3 is 0 Å². The number of aromatic nitrogens is 4. The van der Waals surface area contributed by atoms with Gasteiger partial charge in [-0.05, 0) is 47.8 Å². The third-order valence-electron chi connectivity index (χ3n) is 4.87. The van der Waals surface area contributed by atoms with Crippen LogP contribution in [-0.2, 0) is 4.79 Å². The lowest BCUT2D eigenvalue weighted by molar-refractivity contribution is -0.118. The van der Waals surface area contributed by atoms with E-state index in [4.69, 9.17) is 14.6 Å². The highest BCUT2D eigenvalue weighted by Gasteiger charge is 2.12. The van der Waals surface area contributed by atoms with Gasteiger partial charge < -0.3 is 14.8 Å². The molecule has 0 aliphatic rings. The van der Waals surface area contributed by atoms with Gasteiger partial charge in [0.1, 0.15) is 0 Å². The molecule has 0 aliphatic heterocycles. The zero-order valence-electron chi connectivity index (χ0n) is 17.6. The van der Waals surface area contributed by atoms with Crippen LogP contribution >= 0.6 is 11.3 Å². The lowest BCUT2D eigenvalue weighted by Gasteiger charge is -2.11. The molecule has 9 heteroatoms. The first-order valence-corrected chi connectivity index (χ1v) is 11.0. The van der Waals surface area contributed by atoms with Gasteiger partial charge in [-0.25, -0.2) is 0 Å². The number of thiophene rings is 1. The van der Waals surface area contributed by atoms with Gasteiger partial charge in [0.05, 0.1) is 17.7 Å². The highest BCUT2D eigenvalue weighted by Crippen LogP contribution is 2.27. The molecule has 0 aliphatic carbocycles. The van der Waals surface area contributed by atoms with Crippen LogP contribution in [0.4, 0.5) is 5.69 Å². The molecule has 0 saturated carbocycles. The Kier molecular flexibility index (Phi) is 5.69. The fraction of sp³-hybridized carbons (Fsp3) is 0.0833. The molecule has 5 rings (SSSR count). The quantitative estimate of drug-likeness (QED) is 0.386. The van der Waals surface area contributed by atoms with E-state index in [-0.39, 0.29) is 12.5 Å². The molecule has 3 aromatic heterocycles. The molecule has 3 heterocycles. The van der Waals surface area contributed by atoms with E-state index in [1.54, 1.807) is 35.1 Å². The van der Waals surface area contributed by atoms with E-state index in [2.05, 4.69) is 15.5 Å². The van der Waals surface area contributed by atoms with Gasteiger partial charge in [-0.1, -0.05) is 30.3 Å². The van der Waals surface area contributed by atoms with Crippen molar-refractivity contribution in [3.63, 3.8) is 0 Å². The summed E-state index contributed by atoms with van der Waals surface area (Å²) in [5, 5.41) is 18.0. The minimum Gasteiger partial charge on any atom is -0.493 e. The number of ether oxygens (including phenoxy) is 2. The summed E-state index contributed by atoms with van der Waals surface area (Å²) in [6.45, 7) is -0.139. The molecule has 0 atom stereocenters. The van der Waals surface area contributed by atoms with Crippen molar-refractivity contribution in [2.75, 3.05) is 19.0 Å². The number of nitrogens with one attached hydrogen (secondary N) is 1. The Morgan fingerprint density at radius 2 is 1.88 bits per heavy atom. The first-order valence-electron chi connectivity index (χ1n) is 10.1. The number of amides is 1. The number of benzene rings is 2. The van der Waals surface area contributed by atoms with E-state index in [1.807, 2.05) is 66.0 Å². The minimum atomic E-state index is -0.278. The average Bonchev–Trinajstić information content (AvgIpc) is 3.52. The maximum atomic E-state index is 12.4. The Hall–Kier alpha value is -4.24. The highest BCUT2D eigenvalue weighted by molar-refractivity contribution is 7.13. The van der Waals surface area contributed by atoms with E-state index < -0.39 is 0 Å². The van der Waals surface area contributed by atoms with E-state index in [0.717, 1.165) is 16.1 Å². The zero-order chi connectivity index (χ0) is 22.6. The largest absolute Gasteiger partial charge is 0.493 e. The molecule has 8 nitrogen and oxygen atoms in total. The third-order valence-corrected chi connectivity index (χ3v) is 5.74. The summed E-state index contributed by atoms with van der Waals surface area (Å²) in [4.78, 5) is 13.4. The predicted octanol–water partition coefficient (Wildman–Crippen LogP) is 4.55. The van der Waals surface area contributed by atoms with Crippen LogP contribution in [0.25, 0.3) is 27.6 Å². The minimum absolute atomic E-state index is 0.139. The van der Waals surface area contributed by atoms with Crippen LogP contribution in [0.1, 0.15) is 0 Å². The van der Waals surface area contributed by atoms with Crippen molar-refractivity contribution in [2.24, 2.45) is 0 Å². The summed E-state index contributed by atoms with van der Waals surface area (Å²) in [6, 6.07) is 22.4. The highest BCUT2D eigenvalue weighted by atomic mass is 32.1. The van der Waals surface area contributed by atoms with Crippen molar-refractivity contribution in [3.8, 4) is 33.5 Å². The van der Waals surface area contributed by atoms with Gasteiger partial charge in [0.15, 0.2) is 29.6 Å². The Morgan fingerprint density at radius 1 is 1.00 bits per heavy atom. The van der Waals surface area contributed by atoms with Crippen LogP contribution in [0.15, 0.2) is 78.2 Å². The molecular weight excluding hydrogens is 438 g/mol. The third kappa shape index (κ3) is 4.39. The molecule has 33 heavy (non-hydrogen) atoms. The van der Waals surface area contributed by atoms with E-state index >= 15 is 0 Å². The maximum absolute atomic E-state index is 12.4. The predicted molar refractivity (Wildman–Crippen MR) is 127 cm³/mol. The average molecular weight is 458 g/mol.